The minimum absolute atomic E-state index is 0.0453. The molecule has 3 atom stereocenters. The van der Waals surface area contributed by atoms with E-state index < -0.39 is 51.4 Å². The van der Waals surface area contributed by atoms with Crippen LogP contribution in [-0.4, -0.2) is 39.8 Å². The third kappa shape index (κ3) is 5.24. The molecule has 0 bridgehead atoms. The molecule has 1 aromatic heterocycles. The summed E-state index contributed by atoms with van der Waals surface area (Å²) in [4.78, 5) is 54.7. The molecule has 9 nitrogen and oxygen atoms in total. The van der Waals surface area contributed by atoms with Gasteiger partial charge in [-0.1, -0.05) is 41.3 Å². The maximum Gasteiger partial charge on any atom is 0.416 e. The molecule has 6 rings (SSSR count). The van der Waals surface area contributed by atoms with Crippen LogP contribution >= 0.6 is 23.1 Å². The summed E-state index contributed by atoms with van der Waals surface area (Å²) in [5.74, 6) is -3.30. The smallest absolute Gasteiger partial charge is 0.416 e. The number of amides is 3. The second-order valence-electron chi connectivity index (χ2n) is 10.1. The number of carbonyl (C=O) groups excluding carboxylic acids is 3. The van der Waals surface area contributed by atoms with Crippen LogP contribution in [0.15, 0.2) is 82.6 Å². The number of aromatic hydroxyl groups is 1. The number of hydrogen-bond donors (Lipinski definition) is 2. The molecule has 2 aliphatic heterocycles. The lowest BCUT2D eigenvalue weighted by atomic mass is 9.83. The predicted molar refractivity (Wildman–Crippen MR) is 157 cm³/mol. The number of thiazole rings is 1. The zero-order chi connectivity index (χ0) is 31.3. The van der Waals surface area contributed by atoms with Crippen LogP contribution in [0.4, 0.5) is 24.5 Å². The molecule has 3 unspecified atom stereocenters. The van der Waals surface area contributed by atoms with E-state index in [1.165, 1.54) is 29.9 Å². The van der Waals surface area contributed by atoms with Gasteiger partial charge < -0.3 is 15.2 Å². The fourth-order valence-electron chi connectivity index (χ4n) is 5.39. The van der Waals surface area contributed by atoms with Crippen molar-refractivity contribution in [3.63, 3.8) is 0 Å². The maximum atomic E-state index is 13.9. The van der Waals surface area contributed by atoms with Crippen molar-refractivity contribution in [2.45, 2.75) is 28.9 Å². The number of alkyl halides is 3. The fourth-order valence-corrected chi connectivity index (χ4v) is 8.16. The molecule has 0 saturated carbocycles. The van der Waals surface area contributed by atoms with Gasteiger partial charge in [0.1, 0.15) is 23.3 Å². The van der Waals surface area contributed by atoms with Gasteiger partial charge in [-0.05, 0) is 60.2 Å². The van der Waals surface area contributed by atoms with Crippen molar-refractivity contribution in [3.8, 4) is 11.5 Å². The van der Waals surface area contributed by atoms with Crippen LogP contribution in [0.1, 0.15) is 21.9 Å². The maximum absolute atomic E-state index is 13.9. The van der Waals surface area contributed by atoms with Crippen LogP contribution < -0.4 is 19.8 Å². The summed E-state index contributed by atoms with van der Waals surface area (Å²) in [6, 6.07) is 16.5. The SMILES string of the molecule is COc1ccc(NC(=O)Cn2c3c(sc2=O)C(c2ccc(O)cc2)C2C(=O)N(c4cccc(C(F)(F)F)c4)C(=O)C2S3)cc1. The second-order valence-corrected chi connectivity index (χ2v) is 12.2. The lowest BCUT2D eigenvalue weighted by molar-refractivity contribution is -0.137. The number of halogens is 3. The minimum Gasteiger partial charge on any atom is -0.508 e. The number of fused-ring (bicyclic) bond motifs is 2. The Labute approximate surface area is 255 Å². The molecule has 1 saturated heterocycles. The number of benzene rings is 3. The van der Waals surface area contributed by atoms with E-state index in [9.17, 15) is 37.5 Å². The molecule has 0 radical (unpaired) electrons. The summed E-state index contributed by atoms with van der Waals surface area (Å²) in [5, 5.41) is 11.8. The van der Waals surface area contributed by atoms with Gasteiger partial charge in [0, 0.05) is 16.5 Å². The van der Waals surface area contributed by atoms with Gasteiger partial charge in [-0.3, -0.25) is 23.7 Å². The predicted octanol–water partition coefficient (Wildman–Crippen LogP) is 5.08. The number of thioether (sulfide) groups is 1. The Morgan fingerprint density at radius 1 is 1.00 bits per heavy atom. The highest BCUT2D eigenvalue weighted by molar-refractivity contribution is 8.00. The number of phenols is 1. The molecule has 2 aliphatic rings. The first kappa shape index (κ1) is 29.5. The number of rotatable bonds is 6. The zero-order valence-electron chi connectivity index (χ0n) is 22.7. The van der Waals surface area contributed by atoms with E-state index in [-0.39, 0.29) is 18.0 Å². The molecule has 3 aromatic carbocycles. The monoisotopic (exact) mass is 641 g/mol. The lowest BCUT2D eigenvalue weighted by Crippen LogP contribution is -2.33. The van der Waals surface area contributed by atoms with Gasteiger partial charge >= 0.3 is 11.0 Å². The zero-order valence-corrected chi connectivity index (χ0v) is 24.3. The highest BCUT2D eigenvalue weighted by Gasteiger charge is 2.57. The second kappa shape index (κ2) is 11.2. The van der Waals surface area contributed by atoms with Gasteiger partial charge in [0.15, 0.2) is 0 Å². The summed E-state index contributed by atoms with van der Waals surface area (Å²) in [6.07, 6.45) is -4.69. The van der Waals surface area contributed by atoms with Crippen molar-refractivity contribution in [2.75, 3.05) is 17.3 Å². The van der Waals surface area contributed by atoms with Crippen molar-refractivity contribution in [1.29, 1.82) is 0 Å². The standard InChI is InChI=1S/C30H22F3N3O6S2/c1-42-20-11-7-17(8-12-20)34-21(38)14-35-28-25(44-29(35)41)22(15-5-9-19(37)10-6-15)23-24(43-28)27(40)36(26(23)39)18-4-2-3-16(13-18)30(31,32)33/h2-13,22-24,37H,14H2,1H3,(H,34,38). The van der Waals surface area contributed by atoms with E-state index in [2.05, 4.69) is 5.32 Å². The Hall–Kier alpha value is -4.56. The van der Waals surface area contributed by atoms with Crippen LogP contribution in [-0.2, 0) is 27.1 Å². The number of imide groups is 1. The van der Waals surface area contributed by atoms with Gasteiger partial charge in [0.25, 0.3) is 0 Å². The van der Waals surface area contributed by atoms with Gasteiger partial charge in [0.05, 0.1) is 29.3 Å². The van der Waals surface area contributed by atoms with Crippen molar-refractivity contribution >= 4 is 52.2 Å². The van der Waals surface area contributed by atoms with Crippen LogP contribution in [0, 0.1) is 5.92 Å². The van der Waals surface area contributed by atoms with Crippen LogP contribution in [0.2, 0.25) is 0 Å². The average molecular weight is 642 g/mol. The van der Waals surface area contributed by atoms with E-state index in [4.69, 9.17) is 4.74 Å². The minimum atomic E-state index is -4.69. The first-order valence-electron chi connectivity index (χ1n) is 13.1. The van der Waals surface area contributed by atoms with E-state index in [0.29, 0.717) is 26.9 Å². The average Bonchev–Trinajstić information content (AvgIpc) is 3.43. The van der Waals surface area contributed by atoms with E-state index in [1.54, 1.807) is 36.4 Å². The molecule has 2 N–H and O–H groups in total. The van der Waals surface area contributed by atoms with Gasteiger partial charge in [0.2, 0.25) is 17.7 Å². The number of aromatic nitrogens is 1. The number of anilines is 2. The largest absolute Gasteiger partial charge is 0.508 e. The molecule has 3 heterocycles. The summed E-state index contributed by atoms with van der Waals surface area (Å²) in [7, 11) is 1.51. The number of ether oxygens (including phenoxy) is 1. The summed E-state index contributed by atoms with van der Waals surface area (Å²) >= 11 is 1.77. The van der Waals surface area contributed by atoms with E-state index in [1.807, 2.05) is 0 Å². The number of nitrogens with zero attached hydrogens (tertiary/aromatic N) is 2. The van der Waals surface area contributed by atoms with Gasteiger partial charge in [-0.25, -0.2) is 4.90 Å². The van der Waals surface area contributed by atoms with Crippen molar-refractivity contribution < 1.29 is 37.4 Å². The number of nitrogens with one attached hydrogen (secondary N) is 1. The molecular weight excluding hydrogens is 619 g/mol. The van der Waals surface area contributed by atoms with Gasteiger partial charge in [-0.15, -0.1) is 0 Å². The first-order chi connectivity index (χ1) is 21.0. The highest BCUT2D eigenvalue weighted by Crippen LogP contribution is 2.54. The quantitative estimate of drug-likeness (QED) is 0.282. The van der Waals surface area contributed by atoms with Crippen LogP contribution in [0.3, 0.4) is 0 Å². The molecule has 0 spiro atoms. The van der Waals surface area contributed by atoms with E-state index >= 15 is 0 Å². The molecule has 4 aromatic rings. The number of hydrogen-bond acceptors (Lipinski definition) is 8. The molecule has 226 valence electrons. The highest BCUT2D eigenvalue weighted by atomic mass is 32.2. The van der Waals surface area contributed by atoms with Crippen molar-refractivity contribution in [1.82, 2.24) is 4.57 Å². The van der Waals surface area contributed by atoms with Crippen LogP contribution in [0.5, 0.6) is 11.5 Å². The van der Waals surface area contributed by atoms with Crippen molar-refractivity contribution in [3.05, 3.63) is 98.5 Å². The lowest BCUT2D eigenvalue weighted by Gasteiger charge is -2.30. The Morgan fingerprint density at radius 3 is 2.36 bits per heavy atom. The molecule has 14 heteroatoms. The number of carbonyl (C=O) groups is 3. The number of phenolic OH excluding ortho intramolecular Hbond substituents is 1. The Bertz CT molecular complexity index is 1840. The topological polar surface area (TPSA) is 118 Å². The summed E-state index contributed by atoms with van der Waals surface area (Å²) in [6.45, 7) is -0.386. The van der Waals surface area contributed by atoms with Crippen LogP contribution in [0.25, 0.3) is 0 Å². The molecular formula is C30H22F3N3O6S2. The molecule has 3 amide bonds. The fraction of sp³-hybridized carbons (Fsp3) is 0.200. The summed E-state index contributed by atoms with van der Waals surface area (Å²) < 4.78 is 46.8. The number of methoxy groups -OCH3 is 1. The third-order valence-electron chi connectivity index (χ3n) is 7.41. The summed E-state index contributed by atoms with van der Waals surface area (Å²) in [5.41, 5.74) is -0.240. The van der Waals surface area contributed by atoms with E-state index in [0.717, 1.165) is 46.2 Å². The normalized spacial score (nSPS) is 19.5. The molecule has 0 aliphatic carbocycles. The molecule has 1 fully saturated rings. The Morgan fingerprint density at radius 2 is 1.70 bits per heavy atom. The first-order valence-corrected chi connectivity index (χ1v) is 14.8. The molecule has 44 heavy (non-hydrogen) atoms. The third-order valence-corrected chi connectivity index (χ3v) is 10.0. The van der Waals surface area contributed by atoms with Crippen molar-refractivity contribution in [2.24, 2.45) is 5.92 Å². The Balaban J connectivity index is 1.39. The Kier molecular flexibility index (Phi) is 7.49. The van der Waals surface area contributed by atoms with Gasteiger partial charge in [-0.2, -0.15) is 13.2 Å².